The van der Waals surface area contributed by atoms with Gasteiger partial charge < -0.3 is 9.88 Å². The number of carbonyl (C=O) groups is 1. The third-order valence-corrected chi connectivity index (χ3v) is 3.27. The van der Waals surface area contributed by atoms with Crippen LogP contribution in [0.1, 0.15) is 15.9 Å². The Morgan fingerprint density at radius 3 is 2.84 bits per heavy atom. The average molecular weight is 322 g/mol. The van der Waals surface area contributed by atoms with E-state index < -0.39 is 0 Å². The van der Waals surface area contributed by atoms with E-state index in [4.69, 9.17) is 0 Å². The molecule has 2 rings (SSSR count). The molecule has 0 fully saturated rings. The molecule has 0 aliphatic carbocycles. The molecule has 0 unspecified atom stereocenters. The second-order valence-corrected chi connectivity index (χ2v) is 4.98. The fourth-order valence-electron chi connectivity index (χ4n) is 1.56. The molecule has 0 saturated carbocycles. The predicted molar refractivity (Wildman–Crippen MR) is 76.3 cm³/mol. The summed E-state index contributed by atoms with van der Waals surface area (Å²) in [6.07, 6.45) is 2.99. The molecule has 1 amide bonds. The summed E-state index contributed by atoms with van der Waals surface area (Å²) in [6, 6.07) is 5.36. The molecule has 0 aliphatic heterocycles. The Morgan fingerprint density at radius 1 is 1.42 bits per heavy atom. The number of nitrogens with zero attached hydrogens (tertiary/aromatic N) is 2. The number of anilines is 1. The van der Waals surface area contributed by atoms with Gasteiger partial charge in [-0.15, -0.1) is 0 Å². The molecule has 0 aliphatic rings. The van der Waals surface area contributed by atoms with Gasteiger partial charge in [-0.1, -0.05) is 6.07 Å². The van der Waals surface area contributed by atoms with Gasteiger partial charge in [-0.05, 0) is 40.5 Å². The van der Waals surface area contributed by atoms with Gasteiger partial charge in [0.1, 0.15) is 0 Å². The van der Waals surface area contributed by atoms with Crippen molar-refractivity contribution in [2.45, 2.75) is 6.92 Å². The summed E-state index contributed by atoms with van der Waals surface area (Å²) in [4.78, 5) is 27.7. The van der Waals surface area contributed by atoms with E-state index in [1.807, 2.05) is 19.1 Å². The van der Waals surface area contributed by atoms with E-state index in [-0.39, 0.29) is 17.3 Å². The van der Waals surface area contributed by atoms with Gasteiger partial charge >= 0.3 is 0 Å². The molecule has 6 heteroatoms. The lowest BCUT2D eigenvalue weighted by molar-refractivity contribution is 0.102. The summed E-state index contributed by atoms with van der Waals surface area (Å²) in [5.74, 6) is -0.356. The van der Waals surface area contributed by atoms with E-state index in [1.165, 1.54) is 17.0 Å². The number of aryl methyl sites for hydroxylation is 2. The Hall–Kier alpha value is -1.95. The number of hydrogen-bond donors (Lipinski definition) is 1. The van der Waals surface area contributed by atoms with Gasteiger partial charge in [0.15, 0.2) is 5.82 Å². The van der Waals surface area contributed by atoms with E-state index in [0.717, 1.165) is 5.56 Å². The zero-order chi connectivity index (χ0) is 14.0. The van der Waals surface area contributed by atoms with Crippen LogP contribution in [0.15, 0.2) is 39.9 Å². The van der Waals surface area contributed by atoms with Crippen LogP contribution in [0.3, 0.4) is 0 Å². The van der Waals surface area contributed by atoms with Crippen molar-refractivity contribution in [3.8, 4) is 0 Å². The second kappa shape index (κ2) is 5.36. The number of rotatable bonds is 2. The summed E-state index contributed by atoms with van der Waals surface area (Å²) in [5, 5.41) is 2.51. The number of halogens is 1. The molecule has 0 radical (unpaired) electrons. The SMILES string of the molecule is Cc1ccc(C(=O)Nc2nccn(C)c2=O)c(Br)c1. The minimum absolute atomic E-state index is 0.0162. The highest BCUT2D eigenvalue weighted by Gasteiger charge is 2.13. The fraction of sp³-hybridized carbons (Fsp3) is 0.154. The summed E-state index contributed by atoms with van der Waals surface area (Å²) < 4.78 is 2.03. The number of hydrogen-bond acceptors (Lipinski definition) is 3. The maximum absolute atomic E-state index is 12.1. The van der Waals surface area contributed by atoms with Gasteiger partial charge in [-0.3, -0.25) is 9.59 Å². The molecule has 0 spiro atoms. The van der Waals surface area contributed by atoms with Crippen LogP contribution < -0.4 is 10.9 Å². The lowest BCUT2D eigenvalue weighted by atomic mass is 10.1. The van der Waals surface area contributed by atoms with Crippen molar-refractivity contribution in [1.82, 2.24) is 9.55 Å². The number of nitrogens with one attached hydrogen (secondary N) is 1. The minimum atomic E-state index is -0.373. The third-order valence-electron chi connectivity index (χ3n) is 2.62. The number of amides is 1. The van der Waals surface area contributed by atoms with Crippen LogP contribution in [-0.4, -0.2) is 15.5 Å². The quantitative estimate of drug-likeness (QED) is 0.921. The van der Waals surface area contributed by atoms with Crippen molar-refractivity contribution in [3.63, 3.8) is 0 Å². The Bertz CT molecular complexity index is 695. The van der Waals surface area contributed by atoms with E-state index in [9.17, 15) is 9.59 Å². The minimum Gasteiger partial charge on any atom is -0.314 e. The van der Waals surface area contributed by atoms with E-state index in [2.05, 4.69) is 26.2 Å². The summed E-state index contributed by atoms with van der Waals surface area (Å²) in [6.45, 7) is 1.93. The Labute approximate surface area is 118 Å². The normalized spacial score (nSPS) is 10.3. The zero-order valence-corrected chi connectivity index (χ0v) is 12.1. The van der Waals surface area contributed by atoms with Crippen molar-refractivity contribution in [1.29, 1.82) is 0 Å². The van der Waals surface area contributed by atoms with Crippen LogP contribution in [0.25, 0.3) is 0 Å². The summed E-state index contributed by atoms with van der Waals surface area (Å²) >= 11 is 3.33. The van der Waals surface area contributed by atoms with E-state index in [0.29, 0.717) is 10.0 Å². The number of carbonyl (C=O) groups excluding carboxylic acids is 1. The molecular weight excluding hydrogens is 310 g/mol. The van der Waals surface area contributed by atoms with Crippen LogP contribution >= 0.6 is 15.9 Å². The van der Waals surface area contributed by atoms with Gasteiger partial charge in [0.25, 0.3) is 11.5 Å². The van der Waals surface area contributed by atoms with E-state index >= 15 is 0 Å². The van der Waals surface area contributed by atoms with Crippen molar-refractivity contribution >= 4 is 27.7 Å². The van der Waals surface area contributed by atoms with Crippen LogP contribution in [0.2, 0.25) is 0 Å². The molecule has 19 heavy (non-hydrogen) atoms. The van der Waals surface area contributed by atoms with Gasteiger partial charge in [-0.2, -0.15) is 0 Å². The first-order valence-electron chi connectivity index (χ1n) is 5.58. The van der Waals surface area contributed by atoms with E-state index in [1.54, 1.807) is 13.1 Å². The fourth-order valence-corrected chi connectivity index (χ4v) is 2.24. The number of aromatic nitrogens is 2. The highest BCUT2D eigenvalue weighted by molar-refractivity contribution is 9.10. The Balaban J connectivity index is 2.31. The molecule has 2 aromatic rings. The molecule has 98 valence electrons. The molecule has 1 heterocycles. The highest BCUT2D eigenvalue weighted by atomic mass is 79.9. The maximum atomic E-state index is 12.1. The van der Waals surface area contributed by atoms with Crippen molar-refractivity contribution in [2.24, 2.45) is 7.05 Å². The predicted octanol–water partition coefficient (Wildman–Crippen LogP) is 2.10. The first kappa shape index (κ1) is 13.5. The maximum Gasteiger partial charge on any atom is 0.293 e. The standard InChI is InChI=1S/C13H12BrN3O2/c1-8-3-4-9(10(14)7-8)12(18)16-11-13(19)17(2)6-5-15-11/h3-7H,1-2H3,(H,15,16,18). The average Bonchev–Trinajstić information content (AvgIpc) is 2.34. The molecular formula is C13H12BrN3O2. The Morgan fingerprint density at radius 2 is 2.16 bits per heavy atom. The van der Waals surface area contributed by atoms with Crippen LogP contribution in [0.4, 0.5) is 5.82 Å². The molecule has 1 aromatic carbocycles. The molecule has 1 aromatic heterocycles. The van der Waals surface area contributed by atoms with Crippen molar-refractivity contribution in [3.05, 3.63) is 56.5 Å². The topological polar surface area (TPSA) is 64.0 Å². The number of benzene rings is 1. The lowest BCUT2D eigenvalue weighted by Gasteiger charge is -2.07. The first-order valence-corrected chi connectivity index (χ1v) is 6.37. The largest absolute Gasteiger partial charge is 0.314 e. The zero-order valence-electron chi connectivity index (χ0n) is 10.5. The van der Waals surface area contributed by atoms with Crippen molar-refractivity contribution in [2.75, 3.05) is 5.32 Å². The lowest BCUT2D eigenvalue weighted by Crippen LogP contribution is -2.25. The highest BCUT2D eigenvalue weighted by Crippen LogP contribution is 2.18. The molecule has 0 bridgehead atoms. The van der Waals surface area contributed by atoms with Gasteiger partial charge in [-0.25, -0.2) is 4.98 Å². The van der Waals surface area contributed by atoms with Crippen LogP contribution in [0.5, 0.6) is 0 Å². The summed E-state index contributed by atoms with van der Waals surface area (Å²) in [7, 11) is 1.60. The molecule has 0 saturated heterocycles. The van der Waals surface area contributed by atoms with Gasteiger partial charge in [0, 0.05) is 23.9 Å². The second-order valence-electron chi connectivity index (χ2n) is 4.13. The Kier molecular flexibility index (Phi) is 3.80. The van der Waals surface area contributed by atoms with Gasteiger partial charge in [0.05, 0.1) is 5.56 Å². The van der Waals surface area contributed by atoms with Crippen LogP contribution in [0, 0.1) is 6.92 Å². The smallest absolute Gasteiger partial charge is 0.293 e. The monoisotopic (exact) mass is 321 g/mol. The van der Waals surface area contributed by atoms with Crippen LogP contribution in [-0.2, 0) is 7.05 Å². The summed E-state index contributed by atoms with van der Waals surface area (Å²) in [5.41, 5.74) is 1.15. The molecule has 5 nitrogen and oxygen atoms in total. The van der Waals surface area contributed by atoms with Crippen molar-refractivity contribution < 1.29 is 4.79 Å². The molecule has 1 N–H and O–H groups in total. The first-order chi connectivity index (χ1) is 8.99. The third kappa shape index (κ3) is 2.90. The van der Waals surface area contributed by atoms with Gasteiger partial charge in [0.2, 0.25) is 0 Å². The molecule has 0 atom stereocenters.